The molecule has 0 fully saturated rings. The topological polar surface area (TPSA) is 17.1 Å². The minimum atomic E-state index is 0.938. The Hall–Kier alpha value is -1.55. The molecule has 0 N–H and O–H groups in total. The fraction of sp³-hybridized carbons (Fsp3) is 0. The van der Waals surface area contributed by atoms with Crippen LogP contribution in [0.1, 0.15) is 5.56 Å². The molecule has 0 heterocycles. The second kappa shape index (κ2) is 5.58. The van der Waals surface area contributed by atoms with Crippen LogP contribution >= 0.6 is 0 Å². The van der Waals surface area contributed by atoms with Crippen LogP contribution in [-0.4, -0.2) is 6.79 Å². The van der Waals surface area contributed by atoms with E-state index in [1.807, 2.05) is 37.1 Å². The summed E-state index contributed by atoms with van der Waals surface area (Å²) >= 11 is 0. The smallest absolute Gasteiger partial charge is 0.106 e. The molecule has 0 atom stereocenters. The number of hydrogen-bond donors (Lipinski definition) is 0. The van der Waals surface area contributed by atoms with E-state index in [1.165, 1.54) is 0 Å². The third-order valence-electron chi connectivity index (χ3n) is 0.940. The summed E-state index contributed by atoms with van der Waals surface area (Å²) in [6.45, 7) is 2.00. The SMILES string of the molecule is C#Cc1ccccc1.C=O. The quantitative estimate of drug-likeness (QED) is 0.489. The molecule has 0 aliphatic heterocycles. The van der Waals surface area contributed by atoms with Crippen molar-refractivity contribution in [2.45, 2.75) is 0 Å². The Balaban J connectivity index is 0.000000371. The summed E-state index contributed by atoms with van der Waals surface area (Å²) in [5, 5.41) is 0. The lowest BCUT2D eigenvalue weighted by Gasteiger charge is -1.82. The van der Waals surface area contributed by atoms with Crippen LogP contribution in [0.3, 0.4) is 0 Å². The fourth-order valence-electron chi connectivity index (χ4n) is 0.534. The standard InChI is InChI=1S/C8H6.CH2O/c1-2-8-6-4-3-5-7-8;1-2/h1,3-7H;1H2. The highest BCUT2D eigenvalue weighted by Gasteiger charge is 1.76. The van der Waals surface area contributed by atoms with E-state index in [9.17, 15) is 0 Å². The van der Waals surface area contributed by atoms with Crippen LogP contribution in [-0.2, 0) is 4.79 Å². The Morgan fingerprint density at radius 2 is 1.70 bits per heavy atom. The van der Waals surface area contributed by atoms with Crippen LogP contribution in [0.4, 0.5) is 0 Å². The Kier molecular flexibility index (Phi) is 4.72. The van der Waals surface area contributed by atoms with Crippen molar-refractivity contribution in [1.82, 2.24) is 0 Å². The largest absolute Gasteiger partial charge is 0.307 e. The summed E-state index contributed by atoms with van der Waals surface area (Å²) in [6, 6.07) is 9.60. The van der Waals surface area contributed by atoms with Crippen LogP contribution in [0.25, 0.3) is 0 Å². The van der Waals surface area contributed by atoms with Gasteiger partial charge in [-0.25, -0.2) is 0 Å². The molecular weight excluding hydrogens is 124 g/mol. The predicted molar refractivity (Wildman–Crippen MR) is 41.5 cm³/mol. The van der Waals surface area contributed by atoms with E-state index in [0.717, 1.165) is 5.56 Å². The van der Waals surface area contributed by atoms with Gasteiger partial charge in [0.25, 0.3) is 0 Å². The van der Waals surface area contributed by atoms with Crippen LogP contribution in [0.2, 0.25) is 0 Å². The van der Waals surface area contributed by atoms with E-state index in [1.54, 1.807) is 0 Å². The van der Waals surface area contributed by atoms with Crippen molar-refractivity contribution < 1.29 is 4.79 Å². The first kappa shape index (κ1) is 8.45. The van der Waals surface area contributed by atoms with Crippen molar-refractivity contribution >= 4 is 6.79 Å². The molecule has 0 saturated carbocycles. The van der Waals surface area contributed by atoms with Gasteiger partial charge in [-0.3, -0.25) is 0 Å². The second-order valence-corrected chi connectivity index (χ2v) is 1.51. The van der Waals surface area contributed by atoms with E-state index < -0.39 is 0 Å². The highest BCUT2D eigenvalue weighted by molar-refractivity contribution is 5.30. The first-order chi connectivity index (χ1) is 4.93. The number of carbonyl (C=O) groups excluding carboxylic acids is 1. The lowest BCUT2D eigenvalue weighted by Crippen LogP contribution is -1.66. The molecule has 1 nitrogen and oxygen atoms in total. The van der Waals surface area contributed by atoms with E-state index in [2.05, 4.69) is 5.92 Å². The normalized spacial score (nSPS) is 6.70. The van der Waals surface area contributed by atoms with Crippen LogP contribution in [0.5, 0.6) is 0 Å². The van der Waals surface area contributed by atoms with Gasteiger partial charge in [-0.1, -0.05) is 24.1 Å². The first-order valence-corrected chi connectivity index (χ1v) is 2.74. The zero-order valence-corrected chi connectivity index (χ0v) is 5.58. The van der Waals surface area contributed by atoms with Crippen molar-refractivity contribution in [2.24, 2.45) is 0 Å². The van der Waals surface area contributed by atoms with Gasteiger partial charge in [0.1, 0.15) is 6.79 Å². The van der Waals surface area contributed by atoms with Gasteiger partial charge in [0.2, 0.25) is 0 Å². The van der Waals surface area contributed by atoms with Gasteiger partial charge in [-0.15, -0.1) is 6.42 Å². The lowest BCUT2D eigenvalue weighted by atomic mass is 10.2. The highest BCUT2D eigenvalue weighted by Crippen LogP contribution is 1.92. The molecule has 1 heteroatoms. The average Bonchev–Trinajstić information content (AvgIpc) is 2.10. The average molecular weight is 132 g/mol. The van der Waals surface area contributed by atoms with Crippen LogP contribution in [0.15, 0.2) is 30.3 Å². The van der Waals surface area contributed by atoms with Gasteiger partial charge in [0, 0.05) is 5.56 Å². The van der Waals surface area contributed by atoms with Crippen molar-refractivity contribution in [1.29, 1.82) is 0 Å². The second-order valence-electron chi connectivity index (χ2n) is 1.51. The third kappa shape index (κ3) is 2.68. The van der Waals surface area contributed by atoms with E-state index in [4.69, 9.17) is 11.2 Å². The Bertz CT molecular complexity index is 208. The van der Waals surface area contributed by atoms with Gasteiger partial charge in [0.15, 0.2) is 0 Å². The number of terminal acetylenes is 1. The molecule has 0 aliphatic rings. The molecule has 50 valence electrons. The zero-order chi connectivity index (χ0) is 7.82. The summed E-state index contributed by atoms with van der Waals surface area (Å²) in [6.07, 6.45) is 5.10. The third-order valence-corrected chi connectivity index (χ3v) is 0.940. The number of hydrogen-bond acceptors (Lipinski definition) is 1. The molecule has 0 bridgehead atoms. The molecule has 0 radical (unpaired) electrons. The van der Waals surface area contributed by atoms with Gasteiger partial charge < -0.3 is 4.79 Å². The lowest BCUT2D eigenvalue weighted by molar-refractivity contribution is -0.0979. The minimum Gasteiger partial charge on any atom is -0.307 e. The molecule has 1 aromatic rings. The minimum absolute atomic E-state index is 0.938. The Morgan fingerprint density at radius 3 is 2.00 bits per heavy atom. The molecular formula is C9H8O. The summed E-state index contributed by atoms with van der Waals surface area (Å²) < 4.78 is 0. The molecule has 1 rings (SSSR count). The molecule has 0 aliphatic carbocycles. The van der Waals surface area contributed by atoms with Gasteiger partial charge in [-0.05, 0) is 12.1 Å². The Morgan fingerprint density at radius 1 is 1.20 bits per heavy atom. The van der Waals surface area contributed by atoms with Crippen molar-refractivity contribution in [2.75, 3.05) is 0 Å². The Labute approximate surface area is 60.7 Å². The number of carbonyl (C=O) groups is 1. The fourth-order valence-corrected chi connectivity index (χ4v) is 0.534. The van der Waals surface area contributed by atoms with Gasteiger partial charge >= 0.3 is 0 Å². The predicted octanol–water partition coefficient (Wildman–Crippen LogP) is 1.48. The summed E-state index contributed by atoms with van der Waals surface area (Å²) in [7, 11) is 0. The van der Waals surface area contributed by atoms with Crippen molar-refractivity contribution in [3.8, 4) is 12.3 Å². The number of rotatable bonds is 0. The highest BCUT2D eigenvalue weighted by atomic mass is 16.1. The van der Waals surface area contributed by atoms with Crippen molar-refractivity contribution in [3.05, 3.63) is 35.9 Å². The molecule has 0 saturated heterocycles. The maximum Gasteiger partial charge on any atom is 0.106 e. The maximum atomic E-state index is 8.00. The van der Waals surface area contributed by atoms with E-state index >= 15 is 0 Å². The zero-order valence-electron chi connectivity index (χ0n) is 5.58. The van der Waals surface area contributed by atoms with E-state index in [0.29, 0.717) is 0 Å². The molecule has 0 spiro atoms. The molecule has 1 aromatic carbocycles. The summed E-state index contributed by atoms with van der Waals surface area (Å²) in [4.78, 5) is 8.00. The molecule has 10 heavy (non-hydrogen) atoms. The van der Waals surface area contributed by atoms with Gasteiger partial charge in [-0.2, -0.15) is 0 Å². The first-order valence-electron chi connectivity index (χ1n) is 2.74. The van der Waals surface area contributed by atoms with Crippen LogP contribution in [0, 0.1) is 12.3 Å². The molecule has 0 aromatic heterocycles. The van der Waals surface area contributed by atoms with Gasteiger partial charge in [0.05, 0.1) is 0 Å². The molecule has 0 unspecified atom stereocenters. The molecule has 0 amide bonds. The monoisotopic (exact) mass is 132 g/mol. The van der Waals surface area contributed by atoms with E-state index in [-0.39, 0.29) is 0 Å². The summed E-state index contributed by atoms with van der Waals surface area (Å²) in [5.74, 6) is 2.53. The van der Waals surface area contributed by atoms with Crippen molar-refractivity contribution in [3.63, 3.8) is 0 Å². The maximum absolute atomic E-state index is 8.00. The number of benzene rings is 1. The van der Waals surface area contributed by atoms with Crippen LogP contribution < -0.4 is 0 Å². The summed E-state index contributed by atoms with van der Waals surface area (Å²) in [5.41, 5.74) is 0.938.